The maximum absolute atomic E-state index is 11.6. The number of amides is 1. The first-order chi connectivity index (χ1) is 8.54. The van der Waals surface area contributed by atoms with E-state index in [2.05, 4.69) is 0 Å². The fourth-order valence-electron chi connectivity index (χ4n) is 1.09. The SMILES string of the molecule is COC(=O)/C(=C/C(=O)N(C)C)[Te]c1ccccc1. The Morgan fingerprint density at radius 2 is 1.83 bits per heavy atom. The van der Waals surface area contributed by atoms with Gasteiger partial charge in [0.2, 0.25) is 0 Å². The van der Waals surface area contributed by atoms with Gasteiger partial charge in [-0.15, -0.1) is 0 Å². The minimum atomic E-state index is -0.904. The van der Waals surface area contributed by atoms with Gasteiger partial charge >= 0.3 is 117 Å². The van der Waals surface area contributed by atoms with Crippen LogP contribution in [0.15, 0.2) is 40.0 Å². The van der Waals surface area contributed by atoms with Gasteiger partial charge in [0.15, 0.2) is 0 Å². The monoisotopic (exact) mass is 363 g/mol. The van der Waals surface area contributed by atoms with Crippen LogP contribution in [-0.4, -0.2) is 58.9 Å². The van der Waals surface area contributed by atoms with E-state index in [1.165, 1.54) is 18.1 Å². The van der Waals surface area contributed by atoms with Gasteiger partial charge in [0.05, 0.1) is 0 Å². The molecule has 0 unspecified atom stereocenters. The van der Waals surface area contributed by atoms with Gasteiger partial charge in [-0.3, -0.25) is 0 Å². The zero-order chi connectivity index (χ0) is 13.5. The van der Waals surface area contributed by atoms with Crippen LogP contribution in [0.3, 0.4) is 0 Å². The molecule has 1 aromatic carbocycles. The summed E-state index contributed by atoms with van der Waals surface area (Å²) in [4.78, 5) is 24.7. The molecule has 0 aliphatic rings. The Bertz CT molecular complexity index is 455. The van der Waals surface area contributed by atoms with Crippen LogP contribution in [0.5, 0.6) is 0 Å². The molecule has 18 heavy (non-hydrogen) atoms. The quantitative estimate of drug-likeness (QED) is 0.436. The van der Waals surface area contributed by atoms with Gasteiger partial charge in [0.25, 0.3) is 0 Å². The first-order valence-electron chi connectivity index (χ1n) is 5.28. The Kier molecular flexibility index (Phi) is 5.90. The summed E-state index contributed by atoms with van der Waals surface area (Å²) in [6, 6.07) is 9.67. The molecule has 96 valence electrons. The molecule has 1 amide bonds. The molecular formula is C13H15NO3Te. The number of carbonyl (C=O) groups excluding carboxylic acids is 2. The third kappa shape index (κ3) is 4.52. The second-order valence-electron chi connectivity index (χ2n) is 3.65. The van der Waals surface area contributed by atoms with Crippen molar-refractivity contribution >= 4 is 36.4 Å². The number of carbonyl (C=O) groups is 2. The summed E-state index contributed by atoms with van der Waals surface area (Å²) < 4.78 is 6.29. The predicted molar refractivity (Wildman–Crippen MR) is 70.6 cm³/mol. The molecule has 0 radical (unpaired) electrons. The summed E-state index contributed by atoms with van der Waals surface area (Å²) in [7, 11) is 4.63. The molecule has 0 atom stereocenters. The third-order valence-corrected chi connectivity index (χ3v) is 4.94. The molecule has 1 rings (SSSR count). The van der Waals surface area contributed by atoms with Gasteiger partial charge in [-0.1, -0.05) is 0 Å². The van der Waals surface area contributed by atoms with E-state index in [9.17, 15) is 9.59 Å². The molecule has 0 N–H and O–H groups in total. The van der Waals surface area contributed by atoms with Crippen LogP contribution in [-0.2, 0) is 14.3 Å². The average Bonchev–Trinajstić information content (AvgIpc) is 2.38. The van der Waals surface area contributed by atoms with E-state index >= 15 is 0 Å². The van der Waals surface area contributed by atoms with Crippen molar-refractivity contribution in [2.75, 3.05) is 21.2 Å². The molecule has 0 aromatic heterocycles. The van der Waals surface area contributed by atoms with E-state index < -0.39 is 26.9 Å². The van der Waals surface area contributed by atoms with E-state index in [1.54, 1.807) is 14.1 Å². The van der Waals surface area contributed by atoms with E-state index in [-0.39, 0.29) is 5.91 Å². The molecule has 0 aliphatic carbocycles. The zero-order valence-electron chi connectivity index (χ0n) is 10.5. The standard InChI is InChI=1S/C13H15NO3Te/c1-14(2)12(15)9-11(13(16)17-3)18-10-7-5-4-6-8-10/h4-9H,1-3H3/b11-9-. The van der Waals surface area contributed by atoms with Crippen LogP contribution >= 0.6 is 0 Å². The number of benzene rings is 1. The van der Waals surface area contributed by atoms with Crippen LogP contribution < -0.4 is 3.61 Å². The van der Waals surface area contributed by atoms with Crippen LogP contribution in [0.25, 0.3) is 0 Å². The topological polar surface area (TPSA) is 46.6 Å². The molecule has 4 nitrogen and oxygen atoms in total. The van der Waals surface area contributed by atoms with Crippen molar-refractivity contribution < 1.29 is 14.3 Å². The van der Waals surface area contributed by atoms with E-state index in [0.717, 1.165) is 3.61 Å². The van der Waals surface area contributed by atoms with Crippen molar-refractivity contribution in [1.29, 1.82) is 0 Å². The minimum absolute atomic E-state index is 0.198. The van der Waals surface area contributed by atoms with Gasteiger partial charge in [-0.25, -0.2) is 0 Å². The van der Waals surface area contributed by atoms with Crippen molar-refractivity contribution in [3.05, 3.63) is 40.0 Å². The number of nitrogens with zero attached hydrogens (tertiary/aromatic N) is 1. The number of esters is 1. The Morgan fingerprint density at radius 3 is 2.33 bits per heavy atom. The Morgan fingerprint density at radius 1 is 1.22 bits per heavy atom. The van der Waals surface area contributed by atoms with E-state index in [4.69, 9.17) is 4.74 Å². The van der Waals surface area contributed by atoms with Crippen molar-refractivity contribution in [3.63, 3.8) is 0 Å². The molecule has 0 saturated carbocycles. The molecule has 5 heteroatoms. The zero-order valence-corrected chi connectivity index (χ0v) is 12.9. The van der Waals surface area contributed by atoms with Crippen molar-refractivity contribution in [3.8, 4) is 0 Å². The molecular weight excluding hydrogens is 346 g/mol. The molecule has 0 bridgehead atoms. The molecule has 0 spiro atoms. The second-order valence-corrected chi connectivity index (χ2v) is 6.83. The van der Waals surface area contributed by atoms with Crippen LogP contribution in [0.2, 0.25) is 0 Å². The molecule has 1 aromatic rings. The average molecular weight is 361 g/mol. The maximum atomic E-state index is 11.6. The normalized spacial score (nSPS) is 10.9. The van der Waals surface area contributed by atoms with E-state index in [1.807, 2.05) is 30.3 Å². The van der Waals surface area contributed by atoms with Crippen molar-refractivity contribution in [1.82, 2.24) is 4.90 Å². The summed E-state index contributed by atoms with van der Waals surface area (Å²) in [5.41, 5.74) is 0. The van der Waals surface area contributed by atoms with Gasteiger partial charge in [-0.05, 0) is 0 Å². The summed E-state index contributed by atoms with van der Waals surface area (Å²) in [6.45, 7) is 0. The molecule has 0 aliphatic heterocycles. The van der Waals surface area contributed by atoms with Gasteiger partial charge < -0.3 is 0 Å². The van der Waals surface area contributed by atoms with Gasteiger partial charge in [-0.2, -0.15) is 0 Å². The number of likely N-dealkylation sites (N-methyl/N-ethyl adjacent to an activating group) is 1. The number of methoxy groups -OCH3 is 1. The van der Waals surface area contributed by atoms with Crippen LogP contribution in [0, 0.1) is 0 Å². The molecule has 0 fully saturated rings. The molecule has 0 heterocycles. The summed E-state index contributed by atoms with van der Waals surface area (Å²) >= 11 is -0.904. The number of rotatable bonds is 4. The van der Waals surface area contributed by atoms with Gasteiger partial charge in [0.1, 0.15) is 0 Å². The van der Waals surface area contributed by atoms with Crippen molar-refractivity contribution in [2.24, 2.45) is 0 Å². The molecule has 0 saturated heterocycles. The van der Waals surface area contributed by atoms with Crippen molar-refractivity contribution in [2.45, 2.75) is 0 Å². The summed E-state index contributed by atoms with van der Waals surface area (Å²) in [5, 5.41) is 0. The Hall–Kier alpha value is -1.31. The predicted octanol–water partition coefficient (Wildman–Crippen LogP) is 0.161. The number of hydrogen-bond donors (Lipinski definition) is 0. The first kappa shape index (κ1) is 14.7. The first-order valence-corrected chi connectivity index (χ1v) is 7.62. The number of ether oxygens (including phenoxy) is 1. The summed E-state index contributed by atoms with van der Waals surface area (Å²) in [5.74, 6) is -0.618. The van der Waals surface area contributed by atoms with Crippen LogP contribution in [0.1, 0.15) is 0 Å². The fraction of sp³-hybridized carbons (Fsp3) is 0.231. The van der Waals surface area contributed by atoms with Gasteiger partial charge in [0, 0.05) is 0 Å². The second kappa shape index (κ2) is 7.20. The fourth-order valence-corrected chi connectivity index (χ4v) is 3.58. The Balaban J connectivity index is 2.93. The third-order valence-electron chi connectivity index (χ3n) is 2.05. The van der Waals surface area contributed by atoms with Crippen LogP contribution in [0.4, 0.5) is 0 Å². The van der Waals surface area contributed by atoms with E-state index in [0.29, 0.717) is 3.62 Å². The Labute approximate surface area is 117 Å². The summed E-state index contributed by atoms with van der Waals surface area (Å²) in [6.07, 6.45) is 1.38. The number of hydrogen-bond acceptors (Lipinski definition) is 3.